The number of amides is 1. The zero-order valence-electron chi connectivity index (χ0n) is 9.44. The topological polar surface area (TPSA) is 81.6 Å². The van der Waals surface area contributed by atoms with E-state index in [9.17, 15) is 9.90 Å². The molecule has 92 valence electrons. The molecule has 5 nitrogen and oxygen atoms in total. The van der Waals surface area contributed by atoms with E-state index in [4.69, 9.17) is 5.11 Å². The lowest BCUT2D eigenvalue weighted by Gasteiger charge is -2.12. The first-order valence-corrected chi connectivity index (χ1v) is 5.66. The number of aromatic hydroxyl groups is 2. The van der Waals surface area contributed by atoms with Crippen molar-refractivity contribution in [2.75, 3.05) is 6.54 Å². The molecule has 4 N–H and O–H groups in total. The predicted molar refractivity (Wildman–Crippen MR) is 62.6 cm³/mol. The quantitative estimate of drug-likeness (QED) is 0.612. The van der Waals surface area contributed by atoms with Gasteiger partial charge in [-0.3, -0.25) is 4.79 Å². The van der Waals surface area contributed by atoms with Gasteiger partial charge in [0, 0.05) is 37.2 Å². The summed E-state index contributed by atoms with van der Waals surface area (Å²) in [5, 5.41) is 24.7. The van der Waals surface area contributed by atoms with Crippen LogP contribution in [0.4, 0.5) is 0 Å². The molecule has 17 heavy (non-hydrogen) atoms. The van der Waals surface area contributed by atoms with Crippen molar-refractivity contribution in [2.24, 2.45) is 0 Å². The Hall–Kier alpha value is -1.75. The molecule has 2 rings (SSSR count). The maximum atomic E-state index is 11.0. The van der Waals surface area contributed by atoms with Gasteiger partial charge in [-0.2, -0.15) is 0 Å². The zero-order valence-corrected chi connectivity index (χ0v) is 9.44. The molecule has 1 saturated heterocycles. The van der Waals surface area contributed by atoms with E-state index >= 15 is 0 Å². The van der Waals surface area contributed by atoms with E-state index in [-0.39, 0.29) is 23.4 Å². The molecule has 0 aliphatic carbocycles. The summed E-state index contributed by atoms with van der Waals surface area (Å²) in [6, 6.07) is 4.70. The summed E-state index contributed by atoms with van der Waals surface area (Å²) in [4.78, 5) is 11.0. The summed E-state index contributed by atoms with van der Waals surface area (Å²) in [7, 11) is 0. The fourth-order valence-corrected chi connectivity index (χ4v) is 1.91. The normalized spacial score (nSPS) is 19.3. The van der Waals surface area contributed by atoms with Crippen LogP contribution in [0.15, 0.2) is 18.2 Å². The monoisotopic (exact) mass is 236 g/mol. The molecule has 1 aliphatic heterocycles. The fourth-order valence-electron chi connectivity index (χ4n) is 1.91. The first-order chi connectivity index (χ1) is 8.15. The third-order valence-electron chi connectivity index (χ3n) is 2.86. The van der Waals surface area contributed by atoms with Crippen LogP contribution in [-0.4, -0.2) is 28.7 Å². The Balaban J connectivity index is 1.80. The van der Waals surface area contributed by atoms with Crippen molar-refractivity contribution in [1.82, 2.24) is 10.6 Å². The Bertz CT molecular complexity index is 420. The van der Waals surface area contributed by atoms with Crippen molar-refractivity contribution in [1.29, 1.82) is 0 Å². The first kappa shape index (κ1) is 11.7. The average Bonchev–Trinajstić information content (AvgIpc) is 2.68. The van der Waals surface area contributed by atoms with Crippen LogP contribution in [0, 0.1) is 0 Å². The third kappa shape index (κ3) is 3.10. The molecule has 0 spiro atoms. The van der Waals surface area contributed by atoms with E-state index in [1.165, 1.54) is 12.1 Å². The predicted octanol–water partition coefficient (Wildman–Crippen LogP) is 0.466. The summed E-state index contributed by atoms with van der Waals surface area (Å²) in [6.07, 6.45) is 1.45. The lowest BCUT2D eigenvalue weighted by atomic mass is 10.2. The fraction of sp³-hybridized carbons (Fsp3) is 0.417. The van der Waals surface area contributed by atoms with Crippen molar-refractivity contribution < 1.29 is 15.0 Å². The Morgan fingerprint density at radius 3 is 2.88 bits per heavy atom. The van der Waals surface area contributed by atoms with Gasteiger partial charge in [-0.25, -0.2) is 0 Å². The molecule has 1 amide bonds. The van der Waals surface area contributed by atoms with E-state index < -0.39 is 0 Å². The van der Waals surface area contributed by atoms with Gasteiger partial charge in [-0.15, -0.1) is 0 Å². The van der Waals surface area contributed by atoms with Crippen LogP contribution in [0.25, 0.3) is 0 Å². The number of carbonyl (C=O) groups is 1. The largest absolute Gasteiger partial charge is 0.508 e. The van der Waals surface area contributed by atoms with Crippen LogP contribution in [0.5, 0.6) is 11.5 Å². The second-order valence-electron chi connectivity index (χ2n) is 4.25. The maximum absolute atomic E-state index is 11.0. The van der Waals surface area contributed by atoms with E-state index in [2.05, 4.69) is 10.6 Å². The number of phenols is 2. The Morgan fingerprint density at radius 2 is 2.24 bits per heavy atom. The summed E-state index contributed by atoms with van der Waals surface area (Å²) in [5.41, 5.74) is 0.729. The average molecular weight is 236 g/mol. The van der Waals surface area contributed by atoms with Gasteiger partial charge in [-0.1, -0.05) is 6.07 Å². The Kier molecular flexibility index (Phi) is 3.49. The van der Waals surface area contributed by atoms with Crippen LogP contribution in [0.2, 0.25) is 0 Å². The smallest absolute Gasteiger partial charge is 0.220 e. The number of hydrogen-bond acceptors (Lipinski definition) is 4. The number of carbonyl (C=O) groups excluding carboxylic acids is 1. The van der Waals surface area contributed by atoms with E-state index in [1.54, 1.807) is 6.07 Å². The molecule has 1 aromatic carbocycles. The minimum atomic E-state index is 0.0503. The second kappa shape index (κ2) is 5.05. The van der Waals surface area contributed by atoms with Crippen LogP contribution < -0.4 is 10.6 Å². The second-order valence-corrected chi connectivity index (χ2v) is 4.25. The molecule has 1 aromatic rings. The minimum absolute atomic E-state index is 0.0503. The van der Waals surface area contributed by atoms with Crippen molar-refractivity contribution in [3.05, 3.63) is 23.8 Å². The summed E-state index contributed by atoms with van der Waals surface area (Å²) in [6.45, 7) is 1.20. The molecule has 1 unspecified atom stereocenters. The zero-order chi connectivity index (χ0) is 12.3. The SMILES string of the molecule is O=C1CCC(CNCc2ccc(O)cc2O)N1. The van der Waals surface area contributed by atoms with Crippen LogP contribution in [-0.2, 0) is 11.3 Å². The van der Waals surface area contributed by atoms with Gasteiger partial charge in [0.25, 0.3) is 0 Å². The van der Waals surface area contributed by atoms with Crippen LogP contribution in [0.3, 0.4) is 0 Å². The van der Waals surface area contributed by atoms with Crippen molar-refractivity contribution in [2.45, 2.75) is 25.4 Å². The van der Waals surface area contributed by atoms with Gasteiger partial charge in [-0.05, 0) is 12.5 Å². The molecular weight excluding hydrogens is 220 g/mol. The van der Waals surface area contributed by atoms with Gasteiger partial charge >= 0.3 is 0 Å². The molecule has 1 atom stereocenters. The van der Waals surface area contributed by atoms with Gasteiger partial charge in [0.05, 0.1) is 0 Å². The third-order valence-corrected chi connectivity index (χ3v) is 2.86. The van der Waals surface area contributed by atoms with Gasteiger partial charge in [0.1, 0.15) is 11.5 Å². The van der Waals surface area contributed by atoms with Crippen molar-refractivity contribution >= 4 is 5.91 Å². The Morgan fingerprint density at radius 1 is 1.41 bits per heavy atom. The molecule has 1 aliphatic rings. The first-order valence-electron chi connectivity index (χ1n) is 5.66. The van der Waals surface area contributed by atoms with E-state index in [0.29, 0.717) is 19.5 Å². The molecule has 0 radical (unpaired) electrons. The van der Waals surface area contributed by atoms with Crippen LogP contribution in [0.1, 0.15) is 18.4 Å². The number of benzene rings is 1. The lowest BCUT2D eigenvalue weighted by Crippen LogP contribution is -2.35. The summed E-state index contributed by atoms with van der Waals surface area (Å²) in [5.74, 6) is 0.228. The van der Waals surface area contributed by atoms with E-state index in [0.717, 1.165) is 12.0 Å². The summed E-state index contributed by atoms with van der Waals surface area (Å²) < 4.78 is 0. The minimum Gasteiger partial charge on any atom is -0.508 e. The standard InChI is InChI=1S/C12H16N2O3/c15-10-3-1-8(11(16)5-10)6-13-7-9-2-4-12(17)14-9/h1,3,5,9,13,15-16H,2,4,6-7H2,(H,14,17). The molecule has 0 saturated carbocycles. The van der Waals surface area contributed by atoms with Gasteiger partial charge < -0.3 is 20.8 Å². The molecule has 0 bridgehead atoms. The van der Waals surface area contributed by atoms with Crippen molar-refractivity contribution in [3.63, 3.8) is 0 Å². The maximum Gasteiger partial charge on any atom is 0.220 e. The highest BCUT2D eigenvalue weighted by Crippen LogP contribution is 2.22. The van der Waals surface area contributed by atoms with Gasteiger partial charge in [0.15, 0.2) is 0 Å². The Labute approximate surface area is 99.5 Å². The highest BCUT2D eigenvalue weighted by Gasteiger charge is 2.19. The lowest BCUT2D eigenvalue weighted by molar-refractivity contribution is -0.119. The van der Waals surface area contributed by atoms with Crippen molar-refractivity contribution in [3.8, 4) is 11.5 Å². The van der Waals surface area contributed by atoms with Crippen LogP contribution >= 0.6 is 0 Å². The number of rotatable bonds is 4. The molecule has 0 aromatic heterocycles. The number of phenolic OH excluding ortho intramolecular Hbond substituents is 2. The molecular formula is C12H16N2O3. The number of hydrogen-bond donors (Lipinski definition) is 4. The highest BCUT2D eigenvalue weighted by atomic mass is 16.3. The molecule has 5 heteroatoms. The molecule has 1 heterocycles. The highest BCUT2D eigenvalue weighted by molar-refractivity contribution is 5.78. The van der Waals surface area contributed by atoms with Gasteiger partial charge in [0.2, 0.25) is 5.91 Å². The number of nitrogens with one attached hydrogen (secondary N) is 2. The summed E-state index contributed by atoms with van der Waals surface area (Å²) >= 11 is 0. The van der Waals surface area contributed by atoms with E-state index in [1.807, 2.05) is 0 Å². The molecule has 1 fully saturated rings.